The van der Waals surface area contributed by atoms with E-state index >= 15 is 0 Å². The maximum Gasteiger partial charge on any atom is 0.173 e. The van der Waals surface area contributed by atoms with Crippen molar-refractivity contribution in [3.05, 3.63) is 29.8 Å². The number of nitrogens with one attached hydrogen (secondary N) is 1. The summed E-state index contributed by atoms with van der Waals surface area (Å²) in [5.41, 5.74) is 2.06. The van der Waals surface area contributed by atoms with Crippen molar-refractivity contribution in [3.63, 3.8) is 0 Å². The highest BCUT2D eigenvalue weighted by molar-refractivity contribution is 7.80. The zero-order chi connectivity index (χ0) is 12.7. The molecule has 0 heterocycles. The van der Waals surface area contributed by atoms with Crippen LogP contribution in [0, 0.1) is 6.92 Å². The molecule has 1 rings (SSSR count). The van der Waals surface area contributed by atoms with Gasteiger partial charge in [-0.05, 0) is 36.8 Å². The molecular formula is C12H18N2O2S. The molecule has 0 aliphatic carbocycles. The molecule has 0 amide bonds. The van der Waals surface area contributed by atoms with E-state index in [1.807, 2.05) is 31.2 Å². The Labute approximate surface area is 107 Å². The average molecular weight is 254 g/mol. The third-order valence-corrected chi connectivity index (χ3v) is 2.66. The molecule has 5 heteroatoms. The second-order valence-corrected chi connectivity index (χ2v) is 4.12. The van der Waals surface area contributed by atoms with Crippen LogP contribution < -0.4 is 5.32 Å². The topological polar surface area (TPSA) is 55.7 Å². The van der Waals surface area contributed by atoms with Crippen molar-refractivity contribution in [2.45, 2.75) is 6.92 Å². The monoisotopic (exact) mass is 254 g/mol. The molecule has 0 unspecified atom stereocenters. The number of hydrogen-bond donors (Lipinski definition) is 3. The van der Waals surface area contributed by atoms with Gasteiger partial charge in [0.1, 0.15) is 0 Å². The molecule has 94 valence electrons. The fraction of sp³-hybridized carbons (Fsp3) is 0.417. The summed E-state index contributed by atoms with van der Waals surface area (Å²) in [5.74, 6) is 0. The normalized spacial score (nSPS) is 10.1. The molecule has 1 aromatic rings. The minimum Gasteiger partial charge on any atom is -0.395 e. The van der Waals surface area contributed by atoms with E-state index in [0.717, 1.165) is 11.3 Å². The molecule has 0 fully saturated rings. The van der Waals surface area contributed by atoms with E-state index in [2.05, 4.69) is 5.32 Å². The van der Waals surface area contributed by atoms with E-state index in [0.29, 0.717) is 18.2 Å². The Balaban J connectivity index is 2.62. The predicted molar refractivity (Wildman–Crippen MR) is 73.1 cm³/mol. The highest BCUT2D eigenvalue weighted by Gasteiger charge is 2.08. The first-order valence-corrected chi connectivity index (χ1v) is 5.92. The third-order valence-electron chi connectivity index (χ3n) is 2.30. The zero-order valence-corrected chi connectivity index (χ0v) is 10.7. The van der Waals surface area contributed by atoms with Crippen molar-refractivity contribution in [3.8, 4) is 0 Å². The molecule has 1 aromatic carbocycles. The number of rotatable bonds is 5. The summed E-state index contributed by atoms with van der Waals surface area (Å²) in [7, 11) is 0. The van der Waals surface area contributed by atoms with Crippen LogP contribution in [0.5, 0.6) is 0 Å². The summed E-state index contributed by atoms with van der Waals surface area (Å²) < 4.78 is 0. The number of hydrogen-bond acceptors (Lipinski definition) is 3. The Morgan fingerprint density at radius 3 is 2.47 bits per heavy atom. The van der Waals surface area contributed by atoms with Crippen molar-refractivity contribution in [2.75, 3.05) is 31.6 Å². The van der Waals surface area contributed by atoms with Gasteiger partial charge in [-0.2, -0.15) is 0 Å². The van der Waals surface area contributed by atoms with Gasteiger partial charge in [0.25, 0.3) is 0 Å². The van der Waals surface area contributed by atoms with Crippen LogP contribution in [-0.2, 0) is 0 Å². The molecule has 0 aromatic heterocycles. The largest absolute Gasteiger partial charge is 0.395 e. The number of aliphatic hydroxyl groups excluding tert-OH is 2. The van der Waals surface area contributed by atoms with Crippen LogP contribution >= 0.6 is 12.2 Å². The number of anilines is 1. The SMILES string of the molecule is Cc1cccc(NC(=S)N(CCO)CCO)c1. The van der Waals surface area contributed by atoms with Crippen LogP contribution in [0.2, 0.25) is 0 Å². The van der Waals surface area contributed by atoms with Crippen molar-refractivity contribution in [1.82, 2.24) is 4.90 Å². The van der Waals surface area contributed by atoms with E-state index in [-0.39, 0.29) is 13.2 Å². The summed E-state index contributed by atoms with van der Waals surface area (Å²) in [6.45, 7) is 2.86. The van der Waals surface area contributed by atoms with Crippen LogP contribution in [0.25, 0.3) is 0 Å². The third kappa shape index (κ3) is 4.68. The minimum absolute atomic E-state index is 0.00956. The summed E-state index contributed by atoms with van der Waals surface area (Å²) >= 11 is 5.22. The van der Waals surface area contributed by atoms with Crippen molar-refractivity contribution in [1.29, 1.82) is 0 Å². The molecule has 17 heavy (non-hydrogen) atoms. The number of benzene rings is 1. The molecule has 0 atom stereocenters. The smallest absolute Gasteiger partial charge is 0.173 e. The van der Waals surface area contributed by atoms with Crippen LogP contribution in [0.4, 0.5) is 5.69 Å². The second-order valence-electron chi connectivity index (χ2n) is 3.73. The van der Waals surface area contributed by atoms with Crippen LogP contribution in [-0.4, -0.2) is 46.5 Å². The van der Waals surface area contributed by atoms with Crippen LogP contribution in [0.3, 0.4) is 0 Å². The maximum atomic E-state index is 8.91. The van der Waals surface area contributed by atoms with Gasteiger partial charge < -0.3 is 20.4 Å². The van der Waals surface area contributed by atoms with Gasteiger partial charge in [-0.3, -0.25) is 0 Å². The van der Waals surface area contributed by atoms with Crippen molar-refractivity contribution in [2.24, 2.45) is 0 Å². The first kappa shape index (κ1) is 13.9. The summed E-state index contributed by atoms with van der Waals surface area (Å²) in [6.07, 6.45) is 0. The van der Waals surface area contributed by atoms with E-state index in [1.54, 1.807) is 4.90 Å². The van der Waals surface area contributed by atoms with Gasteiger partial charge in [0.15, 0.2) is 5.11 Å². The Bertz CT molecular complexity index is 365. The molecule has 3 N–H and O–H groups in total. The Kier molecular flexibility index (Phi) is 5.90. The molecule has 0 spiro atoms. The molecule has 0 aliphatic heterocycles. The van der Waals surface area contributed by atoms with Gasteiger partial charge in [0, 0.05) is 18.8 Å². The van der Waals surface area contributed by atoms with Gasteiger partial charge in [0.05, 0.1) is 13.2 Å². The van der Waals surface area contributed by atoms with Crippen LogP contribution in [0.15, 0.2) is 24.3 Å². The van der Waals surface area contributed by atoms with Crippen molar-refractivity contribution < 1.29 is 10.2 Å². The first-order chi connectivity index (χ1) is 8.17. The summed E-state index contributed by atoms with van der Waals surface area (Å²) in [5, 5.41) is 21.4. The number of aliphatic hydroxyl groups is 2. The molecule has 0 saturated carbocycles. The maximum absolute atomic E-state index is 8.91. The number of nitrogens with zero attached hydrogens (tertiary/aromatic N) is 1. The zero-order valence-electron chi connectivity index (χ0n) is 9.89. The van der Waals surface area contributed by atoms with E-state index < -0.39 is 0 Å². The van der Waals surface area contributed by atoms with Crippen molar-refractivity contribution >= 4 is 23.0 Å². The lowest BCUT2D eigenvalue weighted by molar-refractivity contribution is 0.214. The fourth-order valence-electron chi connectivity index (χ4n) is 1.48. The highest BCUT2D eigenvalue weighted by Crippen LogP contribution is 2.10. The molecule has 0 aliphatic rings. The fourth-order valence-corrected chi connectivity index (χ4v) is 1.78. The lowest BCUT2D eigenvalue weighted by Crippen LogP contribution is -2.38. The Morgan fingerprint density at radius 2 is 1.94 bits per heavy atom. The summed E-state index contributed by atoms with van der Waals surface area (Å²) in [6, 6.07) is 7.87. The van der Waals surface area contributed by atoms with Gasteiger partial charge in [-0.25, -0.2) is 0 Å². The number of aryl methyl sites for hydroxylation is 1. The molecule has 0 radical (unpaired) electrons. The predicted octanol–water partition coefficient (Wildman–Crippen LogP) is 0.978. The molecule has 0 saturated heterocycles. The Hall–Kier alpha value is -1.17. The van der Waals surface area contributed by atoms with E-state index in [9.17, 15) is 0 Å². The first-order valence-electron chi connectivity index (χ1n) is 5.51. The molecular weight excluding hydrogens is 236 g/mol. The lowest BCUT2D eigenvalue weighted by Gasteiger charge is -2.24. The molecule has 0 bridgehead atoms. The van der Waals surface area contributed by atoms with Crippen LogP contribution in [0.1, 0.15) is 5.56 Å². The van der Waals surface area contributed by atoms with Gasteiger partial charge in [-0.1, -0.05) is 12.1 Å². The standard InChI is InChI=1S/C12H18N2O2S/c1-10-3-2-4-11(9-10)13-12(17)14(5-7-15)6-8-16/h2-4,9,15-16H,5-8H2,1H3,(H,13,17). The minimum atomic E-state index is 0.00956. The Morgan fingerprint density at radius 1 is 1.29 bits per heavy atom. The quantitative estimate of drug-likeness (QED) is 0.684. The van der Waals surface area contributed by atoms with Gasteiger partial charge >= 0.3 is 0 Å². The van der Waals surface area contributed by atoms with E-state index in [4.69, 9.17) is 22.4 Å². The highest BCUT2D eigenvalue weighted by atomic mass is 32.1. The van der Waals surface area contributed by atoms with Gasteiger partial charge in [-0.15, -0.1) is 0 Å². The van der Waals surface area contributed by atoms with Gasteiger partial charge in [0.2, 0.25) is 0 Å². The number of thiocarbonyl (C=S) groups is 1. The average Bonchev–Trinajstić information content (AvgIpc) is 2.28. The van der Waals surface area contributed by atoms with E-state index in [1.165, 1.54) is 0 Å². The molecule has 4 nitrogen and oxygen atoms in total. The second kappa shape index (κ2) is 7.21. The summed E-state index contributed by atoms with van der Waals surface area (Å²) in [4.78, 5) is 1.73. The lowest BCUT2D eigenvalue weighted by atomic mass is 10.2.